The van der Waals surface area contributed by atoms with Crippen molar-refractivity contribution in [1.82, 2.24) is 9.97 Å². The summed E-state index contributed by atoms with van der Waals surface area (Å²) in [6, 6.07) is 18.9. The van der Waals surface area contributed by atoms with Gasteiger partial charge in [0.25, 0.3) is 0 Å². The van der Waals surface area contributed by atoms with Crippen LogP contribution in [0.5, 0.6) is 0 Å². The molecule has 2 heteroatoms. The molecule has 2 nitrogen and oxygen atoms in total. The molecule has 0 saturated carbocycles. The highest BCUT2D eigenvalue weighted by atomic mass is 14.9. The molecule has 0 fully saturated rings. The van der Waals surface area contributed by atoms with E-state index in [1.165, 1.54) is 43.2 Å². The minimum Gasteiger partial charge on any atom is -0.236 e. The lowest BCUT2D eigenvalue weighted by atomic mass is 10.0. The summed E-state index contributed by atoms with van der Waals surface area (Å²) in [6.45, 7) is 2.25. The smallest absolute Gasteiger partial charge is 0.159 e. The number of rotatable bonds is 7. The van der Waals surface area contributed by atoms with Crippen molar-refractivity contribution in [2.75, 3.05) is 0 Å². The number of aromatic nitrogens is 2. The molecule has 0 N–H and O–H groups in total. The third-order valence-electron chi connectivity index (χ3n) is 4.29. The molecule has 0 spiro atoms. The van der Waals surface area contributed by atoms with Gasteiger partial charge in [0.2, 0.25) is 0 Å². The van der Waals surface area contributed by atoms with Gasteiger partial charge in [0, 0.05) is 23.5 Å². The van der Waals surface area contributed by atoms with Gasteiger partial charge in [-0.25, -0.2) is 9.97 Å². The van der Waals surface area contributed by atoms with Gasteiger partial charge in [0.05, 0.1) is 0 Å². The van der Waals surface area contributed by atoms with Gasteiger partial charge in [-0.15, -0.1) is 0 Å². The summed E-state index contributed by atoms with van der Waals surface area (Å²) in [7, 11) is 0. The minimum atomic E-state index is 0.770. The number of benzene rings is 2. The Labute approximate surface area is 144 Å². The van der Waals surface area contributed by atoms with Crippen molar-refractivity contribution in [2.45, 2.75) is 39.0 Å². The fraction of sp³-hybridized carbons (Fsp3) is 0.273. The second-order valence-corrected chi connectivity index (χ2v) is 6.17. The van der Waals surface area contributed by atoms with Crippen molar-refractivity contribution >= 4 is 0 Å². The van der Waals surface area contributed by atoms with Gasteiger partial charge in [-0.05, 0) is 24.0 Å². The summed E-state index contributed by atoms with van der Waals surface area (Å²) in [5.74, 6) is 0.770. The van der Waals surface area contributed by atoms with Crippen LogP contribution in [0, 0.1) is 0 Å². The Morgan fingerprint density at radius 1 is 0.667 bits per heavy atom. The first-order valence-electron chi connectivity index (χ1n) is 8.83. The van der Waals surface area contributed by atoms with Gasteiger partial charge >= 0.3 is 0 Å². The molecule has 3 aromatic rings. The first-order chi connectivity index (χ1) is 11.9. The van der Waals surface area contributed by atoms with Crippen molar-refractivity contribution in [3.05, 3.63) is 72.6 Å². The Morgan fingerprint density at radius 2 is 1.38 bits per heavy atom. The fourth-order valence-corrected chi connectivity index (χ4v) is 2.83. The quantitative estimate of drug-likeness (QED) is 0.505. The lowest BCUT2D eigenvalue weighted by Crippen LogP contribution is -1.90. The average Bonchev–Trinajstić information content (AvgIpc) is 2.67. The third kappa shape index (κ3) is 4.29. The Kier molecular flexibility index (Phi) is 5.73. The van der Waals surface area contributed by atoms with Gasteiger partial charge < -0.3 is 0 Å². The fourth-order valence-electron chi connectivity index (χ4n) is 2.83. The topological polar surface area (TPSA) is 25.8 Å². The minimum absolute atomic E-state index is 0.770. The highest BCUT2D eigenvalue weighted by molar-refractivity contribution is 5.63. The van der Waals surface area contributed by atoms with Crippen molar-refractivity contribution in [3.8, 4) is 22.5 Å². The molecular formula is C22H24N2. The Hall–Kier alpha value is -2.48. The zero-order chi connectivity index (χ0) is 16.6. The SMILES string of the molecule is CCCCCCc1ccc(-c2cnc(-c3ccccc3)nc2)cc1. The summed E-state index contributed by atoms with van der Waals surface area (Å²) >= 11 is 0. The van der Waals surface area contributed by atoms with Crippen LogP contribution in [0.15, 0.2) is 67.0 Å². The summed E-state index contributed by atoms with van der Waals surface area (Å²) in [4.78, 5) is 9.01. The number of hydrogen-bond donors (Lipinski definition) is 0. The van der Waals surface area contributed by atoms with Crippen molar-refractivity contribution < 1.29 is 0 Å². The molecule has 0 unspecified atom stereocenters. The third-order valence-corrected chi connectivity index (χ3v) is 4.29. The Bertz CT molecular complexity index is 731. The van der Waals surface area contributed by atoms with Crippen LogP contribution in [0.4, 0.5) is 0 Å². The molecule has 2 aromatic carbocycles. The van der Waals surface area contributed by atoms with E-state index in [2.05, 4.69) is 41.2 Å². The van der Waals surface area contributed by atoms with Gasteiger partial charge in [-0.3, -0.25) is 0 Å². The van der Waals surface area contributed by atoms with E-state index in [0.29, 0.717) is 0 Å². The molecule has 1 aromatic heterocycles. The van der Waals surface area contributed by atoms with E-state index in [-0.39, 0.29) is 0 Å². The molecular weight excluding hydrogens is 292 g/mol. The van der Waals surface area contributed by atoms with E-state index in [0.717, 1.165) is 17.0 Å². The van der Waals surface area contributed by atoms with Crippen molar-refractivity contribution in [3.63, 3.8) is 0 Å². The maximum atomic E-state index is 4.51. The van der Waals surface area contributed by atoms with Crippen molar-refractivity contribution in [2.24, 2.45) is 0 Å². The molecule has 122 valence electrons. The summed E-state index contributed by atoms with van der Waals surface area (Å²) < 4.78 is 0. The standard InChI is InChI=1S/C22H24N2/c1-2-3-4-6-9-18-12-14-19(15-13-18)21-16-23-22(24-17-21)20-10-7-5-8-11-20/h5,7-8,10-17H,2-4,6,9H2,1H3. The second-order valence-electron chi connectivity index (χ2n) is 6.17. The Balaban J connectivity index is 1.66. The molecule has 0 radical (unpaired) electrons. The first kappa shape index (κ1) is 16.4. The zero-order valence-electron chi connectivity index (χ0n) is 14.3. The Morgan fingerprint density at radius 3 is 2.04 bits per heavy atom. The molecule has 0 aliphatic carbocycles. The highest BCUT2D eigenvalue weighted by Gasteiger charge is 2.03. The summed E-state index contributed by atoms with van der Waals surface area (Å²) in [5.41, 5.74) is 4.70. The van der Waals surface area contributed by atoms with Crippen molar-refractivity contribution in [1.29, 1.82) is 0 Å². The lowest BCUT2D eigenvalue weighted by Gasteiger charge is -2.05. The number of aryl methyl sites for hydroxylation is 1. The van der Waals surface area contributed by atoms with E-state index in [1.807, 2.05) is 42.7 Å². The highest BCUT2D eigenvalue weighted by Crippen LogP contribution is 2.21. The normalized spacial score (nSPS) is 10.7. The van der Waals surface area contributed by atoms with Crippen LogP contribution in [0.3, 0.4) is 0 Å². The first-order valence-corrected chi connectivity index (χ1v) is 8.83. The lowest BCUT2D eigenvalue weighted by molar-refractivity contribution is 0.667. The van der Waals surface area contributed by atoms with Crippen LogP contribution in [0.2, 0.25) is 0 Å². The monoisotopic (exact) mass is 316 g/mol. The average molecular weight is 316 g/mol. The zero-order valence-corrected chi connectivity index (χ0v) is 14.3. The van der Waals surface area contributed by atoms with Crippen LogP contribution in [-0.2, 0) is 6.42 Å². The van der Waals surface area contributed by atoms with Gasteiger partial charge in [-0.1, -0.05) is 80.8 Å². The molecule has 0 atom stereocenters. The molecule has 1 heterocycles. The number of hydrogen-bond acceptors (Lipinski definition) is 2. The van der Waals surface area contributed by atoms with E-state index in [9.17, 15) is 0 Å². The molecule has 0 aliphatic rings. The molecule has 24 heavy (non-hydrogen) atoms. The van der Waals surface area contributed by atoms with E-state index >= 15 is 0 Å². The summed E-state index contributed by atoms with van der Waals surface area (Å²) in [6.07, 6.45) is 10.2. The predicted octanol–water partition coefficient (Wildman–Crippen LogP) is 5.93. The molecule has 0 amide bonds. The largest absolute Gasteiger partial charge is 0.236 e. The van der Waals surface area contributed by atoms with Gasteiger partial charge in [0.1, 0.15) is 0 Å². The molecule has 3 rings (SSSR count). The van der Waals surface area contributed by atoms with Crippen LogP contribution in [0.25, 0.3) is 22.5 Å². The maximum absolute atomic E-state index is 4.51. The van der Waals surface area contributed by atoms with Crippen LogP contribution >= 0.6 is 0 Å². The van der Waals surface area contributed by atoms with E-state index in [1.54, 1.807) is 0 Å². The predicted molar refractivity (Wildman–Crippen MR) is 101 cm³/mol. The molecule has 0 bridgehead atoms. The van der Waals surface area contributed by atoms with Crippen LogP contribution in [-0.4, -0.2) is 9.97 Å². The summed E-state index contributed by atoms with van der Waals surface area (Å²) in [5, 5.41) is 0. The maximum Gasteiger partial charge on any atom is 0.159 e. The molecule has 0 saturated heterocycles. The molecule has 0 aliphatic heterocycles. The van der Waals surface area contributed by atoms with E-state index < -0.39 is 0 Å². The van der Waals surface area contributed by atoms with Gasteiger partial charge in [0.15, 0.2) is 5.82 Å². The van der Waals surface area contributed by atoms with E-state index in [4.69, 9.17) is 0 Å². The second kappa shape index (κ2) is 8.39. The number of nitrogens with zero attached hydrogens (tertiary/aromatic N) is 2. The van der Waals surface area contributed by atoms with Gasteiger partial charge in [-0.2, -0.15) is 0 Å². The van der Waals surface area contributed by atoms with Crippen LogP contribution < -0.4 is 0 Å². The van der Waals surface area contributed by atoms with Crippen LogP contribution in [0.1, 0.15) is 38.2 Å². The number of unbranched alkanes of at least 4 members (excludes halogenated alkanes) is 3.